The minimum absolute atomic E-state index is 0.00483. The Bertz CT molecular complexity index is 952. The molecule has 0 spiro atoms. The summed E-state index contributed by atoms with van der Waals surface area (Å²) in [6.45, 7) is -0.296. The van der Waals surface area contributed by atoms with Gasteiger partial charge in [0, 0.05) is 6.61 Å². The molecule has 2 aromatic carbocycles. The molecule has 0 aliphatic carbocycles. The van der Waals surface area contributed by atoms with Crippen molar-refractivity contribution in [2.45, 2.75) is 37.4 Å². The van der Waals surface area contributed by atoms with Gasteiger partial charge in [0.05, 0.1) is 27.4 Å². The van der Waals surface area contributed by atoms with Gasteiger partial charge in [0.1, 0.15) is 18.3 Å². The lowest BCUT2D eigenvalue weighted by atomic mass is 9.83. The molecule has 0 saturated carbocycles. The summed E-state index contributed by atoms with van der Waals surface area (Å²) in [4.78, 5) is 0. The molecule has 0 bridgehead atoms. The van der Waals surface area contributed by atoms with Crippen LogP contribution in [0.3, 0.4) is 0 Å². The minimum atomic E-state index is -1.43. The summed E-state index contributed by atoms with van der Waals surface area (Å²) in [6.07, 6.45) is -4.30. The van der Waals surface area contributed by atoms with Crippen molar-refractivity contribution in [2.75, 3.05) is 34.0 Å². The quantitative estimate of drug-likeness (QED) is 0.261. The van der Waals surface area contributed by atoms with E-state index in [1.165, 1.54) is 26.4 Å². The molecule has 0 aromatic heterocycles. The maximum Gasteiger partial charge on any atom is 0.186 e. The molecule has 0 amide bonds. The molecular formula is C25H34O10. The largest absolute Gasteiger partial charge is 0.504 e. The van der Waals surface area contributed by atoms with Crippen molar-refractivity contribution in [1.82, 2.24) is 0 Å². The summed E-state index contributed by atoms with van der Waals surface area (Å²) in [5, 5.41) is 60.0. The average molecular weight is 495 g/mol. The third kappa shape index (κ3) is 6.75. The summed E-state index contributed by atoms with van der Waals surface area (Å²) in [5.74, 6) is 0.0621. The highest BCUT2D eigenvalue weighted by Gasteiger charge is 2.39. The van der Waals surface area contributed by atoms with Crippen LogP contribution in [-0.2, 0) is 22.3 Å². The molecule has 6 unspecified atom stereocenters. The Morgan fingerprint density at radius 3 is 1.91 bits per heavy atom. The summed E-state index contributed by atoms with van der Waals surface area (Å²) >= 11 is 0. The van der Waals surface area contributed by atoms with Crippen LogP contribution >= 0.6 is 0 Å². The fraction of sp³-hybridized carbons (Fsp3) is 0.520. The molecule has 10 nitrogen and oxygen atoms in total. The number of phenols is 2. The van der Waals surface area contributed by atoms with Gasteiger partial charge in [-0.2, -0.15) is 0 Å². The van der Waals surface area contributed by atoms with E-state index in [-0.39, 0.29) is 43.2 Å². The molecule has 35 heavy (non-hydrogen) atoms. The average Bonchev–Trinajstić information content (AvgIpc) is 2.86. The van der Waals surface area contributed by atoms with Gasteiger partial charge < -0.3 is 49.6 Å². The number of aliphatic hydroxyl groups excluding tert-OH is 4. The number of aliphatic hydroxyl groups is 4. The minimum Gasteiger partial charge on any atom is -0.504 e. The standard InChI is InChI=1S/C25H34O10/c1-32-21-9-14(3-5-18(21)27)7-16(11-26)17(8-15-4-6-19(28)22(10-15)33-2)12-34-25-24(31)23(30)20(29)13-35-25/h3-6,9-10,16-17,20,23-31H,7-8,11-13H2,1-2H3. The molecule has 0 radical (unpaired) electrons. The second-order valence-electron chi connectivity index (χ2n) is 8.71. The lowest BCUT2D eigenvalue weighted by molar-refractivity contribution is -0.273. The fourth-order valence-corrected chi connectivity index (χ4v) is 4.19. The van der Waals surface area contributed by atoms with E-state index in [1.807, 2.05) is 0 Å². The van der Waals surface area contributed by atoms with Gasteiger partial charge in [0.25, 0.3) is 0 Å². The first-order valence-corrected chi connectivity index (χ1v) is 11.4. The highest BCUT2D eigenvalue weighted by Crippen LogP contribution is 2.32. The number of hydrogen-bond donors (Lipinski definition) is 6. The number of rotatable bonds is 11. The van der Waals surface area contributed by atoms with E-state index >= 15 is 0 Å². The molecule has 194 valence electrons. The van der Waals surface area contributed by atoms with Gasteiger partial charge in [-0.05, 0) is 60.1 Å². The molecule has 1 fully saturated rings. The highest BCUT2D eigenvalue weighted by atomic mass is 16.7. The van der Waals surface area contributed by atoms with E-state index in [2.05, 4.69) is 0 Å². The smallest absolute Gasteiger partial charge is 0.186 e. The maximum atomic E-state index is 10.3. The lowest BCUT2D eigenvalue weighted by Crippen LogP contribution is -2.54. The van der Waals surface area contributed by atoms with Crippen LogP contribution in [0.5, 0.6) is 23.0 Å². The van der Waals surface area contributed by atoms with Crippen molar-refractivity contribution in [1.29, 1.82) is 0 Å². The molecule has 1 aliphatic heterocycles. The molecule has 2 aromatic rings. The van der Waals surface area contributed by atoms with Gasteiger partial charge in [-0.1, -0.05) is 12.1 Å². The molecule has 1 heterocycles. The van der Waals surface area contributed by atoms with Crippen molar-refractivity contribution < 1.29 is 49.6 Å². The van der Waals surface area contributed by atoms with E-state index in [0.717, 1.165) is 11.1 Å². The van der Waals surface area contributed by atoms with Gasteiger partial charge in [-0.25, -0.2) is 0 Å². The van der Waals surface area contributed by atoms with E-state index in [4.69, 9.17) is 18.9 Å². The summed E-state index contributed by atoms with van der Waals surface area (Å²) in [5.41, 5.74) is 1.66. The second kappa shape index (κ2) is 12.4. The van der Waals surface area contributed by atoms with Crippen LogP contribution < -0.4 is 9.47 Å². The maximum absolute atomic E-state index is 10.3. The second-order valence-corrected chi connectivity index (χ2v) is 8.71. The summed E-state index contributed by atoms with van der Waals surface area (Å²) < 4.78 is 21.6. The topological polar surface area (TPSA) is 158 Å². The number of benzene rings is 2. The zero-order valence-corrected chi connectivity index (χ0v) is 19.8. The van der Waals surface area contributed by atoms with Gasteiger partial charge in [-0.3, -0.25) is 0 Å². The molecule has 6 N–H and O–H groups in total. The Kier molecular flexibility index (Phi) is 9.55. The Morgan fingerprint density at radius 2 is 1.40 bits per heavy atom. The third-order valence-electron chi connectivity index (χ3n) is 6.31. The first-order chi connectivity index (χ1) is 16.8. The van der Waals surface area contributed by atoms with E-state index < -0.39 is 24.6 Å². The SMILES string of the molecule is COc1cc(CC(CO)C(COC2OCC(O)C(O)C2O)Cc2ccc(O)c(OC)c2)ccc1O. The van der Waals surface area contributed by atoms with Crippen molar-refractivity contribution in [3.8, 4) is 23.0 Å². The van der Waals surface area contributed by atoms with Crippen molar-refractivity contribution in [3.63, 3.8) is 0 Å². The zero-order valence-electron chi connectivity index (χ0n) is 19.8. The van der Waals surface area contributed by atoms with Crippen LogP contribution in [0.2, 0.25) is 0 Å². The Morgan fingerprint density at radius 1 is 0.857 bits per heavy atom. The summed E-state index contributed by atoms with van der Waals surface area (Å²) in [7, 11) is 2.91. The zero-order chi connectivity index (χ0) is 25.5. The van der Waals surface area contributed by atoms with Crippen LogP contribution in [0.4, 0.5) is 0 Å². The van der Waals surface area contributed by atoms with E-state index in [0.29, 0.717) is 24.3 Å². The normalized spacial score (nSPS) is 24.1. The Balaban J connectivity index is 1.81. The summed E-state index contributed by atoms with van der Waals surface area (Å²) in [6, 6.07) is 9.94. The molecule has 3 rings (SSSR count). The Hall–Kier alpha value is -2.60. The molecule has 10 heteroatoms. The number of aromatic hydroxyl groups is 2. The van der Waals surface area contributed by atoms with Crippen LogP contribution in [-0.4, -0.2) is 89.3 Å². The molecule has 1 saturated heterocycles. The van der Waals surface area contributed by atoms with Crippen LogP contribution in [0.15, 0.2) is 36.4 Å². The van der Waals surface area contributed by atoms with E-state index in [1.54, 1.807) is 24.3 Å². The first kappa shape index (κ1) is 27.0. The van der Waals surface area contributed by atoms with Crippen molar-refractivity contribution >= 4 is 0 Å². The highest BCUT2D eigenvalue weighted by molar-refractivity contribution is 5.43. The number of hydrogen-bond acceptors (Lipinski definition) is 10. The monoisotopic (exact) mass is 494 g/mol. The van der Waals surface area contributed by atoms with Crippen LogP contribution in [0, 0.1) is 11.8 Å². The van der Waals surface area contributed by atoms with E-state index in [9.17, 15) is 30.6 Å². The van der Waals surface area contributed by atoms with Gasteiger partial charge in [0.15, 0.2) is 29.3 Å². The molecule has 1 aliphatic rings. The molecule has 6 atom stereocenters. The van der Waals surface area contributed by atoms with Gasteiger partial charge in [-0.15, -0.1) is 0 Å². The van der Waals surface area contributed by atoms with Crippen molar-refractivity contribution in [3.05, 3.63) is 47.5 Å². The fourth-order valence-electron chi connectivity index (χ4n) is 4.19. The Labute approximate surface area is 203 Å². The third-order valence-corrected chi connectivity index (χ3v) is 6.31. The predicted molar refractivity (Wildman–Crippen MR) is 125 cm³/mol. The van der Waals surface area contributed by atoms with Gasteiger partial charge in [0.2, 0.25) is 0 Å². The van der Waals surface area contributed by atoms with Crippen LogP contribution in [0.25, 0.3) is 0 Å². The number of methoxy groups -OCH3 is 2. The number of phenolic OH excluding ortho intramolecular Hbond substituents is 2. The van der Waals surface area contributed by atoms with Crippen LogP contribution in [0.1, 0.15) is 11.1 Å². The lowest BCUT2D eigenvalue weighted by Gasteiger charge is -2.36. The predicted octanol–water partition coefficient (Wildman–Crippen LogP) is 0.580. The number of ether oxygens (including phenoxy) is 4. The van der Waals surface area contributed by atoms with Gasteiger partial charge >= 0.3 is 0 Å². The first-order valence-electron chi connectivity index (χ1n) is 11.4. The molecular weight excluding hydrogens is 460 g/mol. The van der Waals surface area contributed by atoms with Crippen molar-refractivity contribution in [2.24, 2.45) is 11.8 Å².